The fourth-order valence-corrected chi connectivity index (χ4v) is 4.62. The fraction of sp³-hybridized carbons (Fsp3) is 0.400. The molecule has 106 valence electrons. The van der Waals surface area contributed by atoms with Gasteiger partial charge in [-0.1, -0.05) is 24.3 Å². The molecule has 5 heteroatoms. The summed E-state index contributed by atoms with van der Waals surface area (Å²) in [7, 11) is -0.839. The first kappa shape index (κ1) is 13.5. The van der Waals surface area contributed by atoms with E-state index < -0.39 is 9.84 Å². The quantitative estimate of drug-likeness (QED) is 0.865. The van der Waals surface area contributed by atoms with Crippen LogP contribution in [0.2, 0.25) is 0 Å². The number of hydrogen-bond donors (Lipinski definition) is 0. The van der Waals surface area contributed by atoms with Gasteiger partial charge in [0.05, 0.1) is 17.0 Å². The lowest BCUT2D eigenvalue weighted by atomic mass is 10.1. The van der Waals surface area contributed by atoms with E-state index in [-0.39, 0.29) is 11.8 Å². The monoisotopic (exact) mass is 290 g/mol. The number of pyridine rings is 1. The first-order valence-corrected chi connectivity index (χ1v) is 8.60. The van der Waals surface area contributed by atoms with Crippen LogP contribution in [0.25, 0.3) is 10.9 Å². The van der Waals surface area contributed by atoms with Crippen LogP contribution in [-0.4, -0.2) is 42.9 Å². The lowest BCUT2D eigenvalue weighted by Crippen LogP contribution is -2.32. The fourth-order valence-electron chi connectivity index (χ4n) is 2.82. The topological polar surface area (TPSA) is 50.3 Å². The summed E-state index contributed by atoms with van der Waals surface area (Å²) in [5.41, 5.74) is 2.15. The Morgan fingerprint density at radius 2 is 2.10 bits per heavy atom. The standard InChI is InChI=1S/C15H18N2O2S/c1-17(14-7-9-20(18,19)11-14)10-13-5-2-4-12-6-3-8-16-15(12)13/h2-6,8,14H,7,9-11H2,1H3/t14-/m0/s1. The molecular weight excluding hydrogens is 272 g/mol. The average molecular weight is 290 g/mol. The second-order valence-electron chi connectivity index (χ2n) is 5.46. The van der Waals surface area contributed by atoms with Gasteiger partial charge in [-0.2, -0.15) is 0 Å². The normalized spacial score (nSPS) is 21.6. The summed E-state index contributed by atoms with van der Waals surface area (Å²) >= 11 is 0. The van der Waals surface area contributed by atoms with Crippen LogP contribution in [0.1, 0.15) is 12.0 Å². The number of para-hydroxylation sites is 1. The van der Waals surface area contributed by atoms with Crippen molar-refractivity contribution in [3.8, 4) is 0 Å². The highest BCUT2D eigenvalue weighted by Crippen LogP contribution is 2.21. The van der Waals surface area contributed by atoms with Crippen LogP contribution in [0.15, 0.2) is 36.5 Å². The van der Waals surface area contributed by atoms with Crippen LogP contribution in [0, 0.1) is 0 Å². The Bertz CT molecular complexity index is 722. The molecule has 2 heterocycles. The zero-order chi connectivity index (χ0) is 14.2. The van der Waals surface area contributed by atoms with Crippen molar-refractivity contribution < 1.29 is 8.42 Å². The Balaban J connectivity index is 1.83. The van der Waals surface area contributed by atoms with E-state index in [1.807, 2.05) is 31.3 Å². The third-order valence-electron chi connectivity index (χ3n) is 3.97. The maximum absolute atomic E-state index is 11.6. The molecule has 0 saturated carbocycles. The van der Waals surface area contributed by atoms with Crippen LogP contribution < -0.4 is 0 Å². The first-order valence-electron chi connectivity index (χ1n) is 6.78. The molecule has 20 heavy (non-hydrogen) atoms. The molecule has 1 fully saturated rings. The SMILES string of the molecule is CN(Cc1cccc2cccnc12)[C@H]1CCS(=O)(=O)C1. The van der Waals surface area contributed by atoms with Gasteiger partial charge in [0.1, 0.15) is 0 Å². The van der Waals surface area contributed by atoms with Gasteiger partial charge >= 0.3 is 0 Å². The van der Waals surface area contributed by atoms with Crippen LogP contribution in [-0.2, 0) is 16.4 Å². The summed E-state index contributed by atoms with van der Waals surface area (Å²) < 4.78 is 23.1. The molecule has 0 radical (unpaired) electrons. The maximum atomic E-state index is 11.6. The van der Waals surface area contributed by atoms with E-state index in [4.69, 9.17) is 0 Å². The van der Waals surface area contributed by atoms with Gasteiger partial charge in [0.15, 0.2) is 9.84 Å². The number of sulfone groups is 1. The minimum Gasteiger partial charge on any atom is -0.298 e. The molecule has 1 aromatic carbocycles. The summed E-state index contributed by atoms with van der Waals surface area (Å²) in [5.74, 6) is 0.595. The minimum absolute atomic E-state index is 0.124. The third kappa shape index (κ3) is 2.69. The van der Waals surface area contributed by atoms with Crippen LogP contribution in [0.5, 0.6) is 0 Å². The number of hydrogen-bond acceptors (Lipinski definition) is 4. The van der Waals surface area contributed by atoms with E-state index in [1.165, 1.54) is 0 Å². The van der Waals surface area contributed by atoms with Gasteiger partial charge in [-0.3, -0.25) is 9.88 Å². The first-order chi connectivity index (χ1) is 9.55. The van der Waals surface area contributed by atoms with Gasteiger partial charge < -0.3 is 0 Å². The highest BCUT2D eigenvalue weighted by atomic mass is 32.2. The average Bonchev–Trinajstić information content (AvgIpc) is 2.80. The highest BCUT2D eigenvalue weighted by Gasteiger charge is 2.30. The van der Waals surface area contributed by atoms with Gasteiger partial charge in [-0.25, -0.2) is 8.42 Å². The summed E-state index contributed by atoms with van der Waals surface area (Å²) in [6.07, 6.45) is 2.53. The molecule has 3 rings (SSSR count). The van der Waals surface area contributed by atoms with Crippen LogP contribution in [0.3, 0.4) is 0 Å². The molecule has 1 atom stereocenters. The Kier molecular flexibility index (Phi) is 3.48. The second kappa shape index (κ2) is 5.14. The molecular formula is C15H18N2O2S. The number of rotatable bonds is 3. The van der Waals surface area contributed by atoms with E-state index in [9.17, 15) is 8.42 Å². The van der Waals surface area contributed by atoms with Crippen molar-refractivity contribution in [3.63, 3.8) is 0 Å². The number of benzene rings is 1. The molecule has 0 aliphatic carbocycles. The molecule has 1 aliphatic rings. The Labute approximate surface area is 119 Å². The van der Waals surface area contributed by atoms with Gasteiger partial charge in [0, 0.05) is 24.2 Å². The zero-order valence-electron chi connectivity index (χ0n) is 11.5. The molecule has 0 spiro atoms. The summed E-state index contributed by atoms with van der Waals surface area (Å²) in [4.78, 5) is 6.58. The van der Waals surface area contributed by atoms with Crippen LogP contribution >= 0.6 is 0 Å². The van der Waals surface area contributed by atoms with Gasteiger partial charge in [0.25, 0.3) is 0 Å². The maximum Gasteiger partial charge on any atom is 0.151 e. The molecule has 4 nitrogen and oxygen atoms in total. The second-order valence-corrected chi connectivity index (χ2v) is 7.69. The summed E-state index contributed by atoms with van der Waals surface area (Å²) in [6.45, 7) is 0.731. The Morgan fingerprint density at radius 1 is 1.30 bits per heavy atom. The number of fused-ring (bicyclic) bond motifs is 1. The molecule has 0 bridgehead atoms. The third-order valence-corrected chi connectivity index (χ3v) is 5.72. The summed E-state index contributed by atoms with van der Waals surface area (Å²) in [6, 6.07) is 10.2. The van der Waals surface area contributed by atoms with Crippen molar-refractivity contribution >= 4 is 20.7 Å². The van der Waals surface area contributed by atoms with Crippen molar-refractivity contribution in [2.45, 2.75) is 19.0 Å². The van der Waals surface area contributed by atoms with Gasteiger partial charge in [0.2, 0.25) is 0 Å². The molecule has 0 unspecified atom stereocenters. The molecule has 1 saturated heterocycles. The Hall–Kier alpha value is -1.46. The van der Waals surface area contributed by atoms with Crippen molar-refractivity contribution in [1.29, 1.82) is 0 Å². The van der Waals surface area contributed by atoms with Crippen molar-refractivity contribution in [2.24, 2.45) is 0 Å². The molecule has 1 aliphatic heterocycles. The minimum atomic E-state index is -2.83. The van der Waals surface area contributed by atoms with E-state index in [0.29, 0.717) is 5.75 Å². The van der Waals surface area contributed by atoms with E-state index in [0.717, 1.165) is 29.4 Å². The van der Waals surface area contributed by atoms with E-state index in [2.05, 4.69) is 16.0 Å². The van der Waals surface area contributed by atoms with Gasteiger partial charge in [-0.15, -0.1) is 0 Å². The summed E-state index contributed by atoms with van der Waals surface area (Å²) in [5, 5.41) is 1.12. The van der Waals surface area contributed by atoms with Crippen molar-refractivity contribution in [1.82, 2.24) is 9.88 Å². The lowest BCUT2D eigenvalue weighted by Gasteiger charge is -2.23. The largest absolute Gasteiger partial charge is 0.298 e. The zero-order valence-corrected chi connectivity index (χ0v) is 12.3. The van der Waals surface area contributed by atoms with E-state index in [1.54, 1.807) is 6.20 Å². The number of nitrogens with zero attached hydrogens (tertiary/aromatic N) is 2. The van der Waals surface area contributed by atoms with Crippen molar-refractivity contribution in [2.75, 3.05) is 18.6 Å². The highest BCUT2D eigenvalue weighted by molar-refractivity contribution is 7.91. The molecule has 0 N–H and O–H groups in total. The van der Waals surface area contributed by atoms with Crippen molar-refractivity contribution in [3.05, 3.63) is 42.1 Å². The number of aromatic nitrogens is 1. The van der Waals surface area contributed by atoms with Crippen LogP contribution in [0.4, 0.5) is 0 Å². The molecule has 2 aromatic rings. The van der Waals surface area contributed by atoms with E-state index >= 15 is 0 Å². The van der Waals surface area contributed by atoms with Gasteiger partial charge in [-0.05, 0) is 25.1 Å². The molecule has 0 amide bonds. The lowest BCUT2D eigenvalue weighted by molar-refractivity contribution is 0.254. The smallest absolute Gasteiger partial charge is 0.151 e. The predicted molar refractivity (Wildman–Crippen MR) is 80.3 cm³/mol. The molecule has 1 aromatic heterocycles. The Morgan fingerprint density at radius 3 is 2.85 bits per heavy atom. The predicted octanol–water partition coefficient (Wildman–Crippen LogP) is 1.85.